The number of carbonyl (C=O) groups is 2. The molecule has 1 N–H and O–H groups in total. The van der Waals surface area contributed by atoms with E-state index in [-0.39, 0.29) is 11.8 Å². The van der Waals surface area contributed by atoms with Crippen LogP contribution in [0, 0.1) is 0 Å². The molecule has 5 heteroatoms. The molecule has 1 aliphatic heterocycles. The Hall–Kier alpha value is -1.49. The Bertz CT molecular complexity index is 492. The van der Waals surface area contributed by atoms with Crippen molar-refractivity contribution in [2.75, 3.05) is 18.8 Å². The van der Waals surface area contributed by atoms with Gasteiger partial charge in [0.25, 0.3) is 5.91 Å². The average molecular weight is 292 g/mol. The van der Waals surface area contributed by atoms with Crippen molar-refractivity contribution in [1.29, 1.82) is 0 Å². The quantitative estimate of drug-likeness (QED) is 0.830. The van der Waals surface area contributed by atoms with Crippen LogP contribution in [-0.4, -0.2) is 41.1 Å². The second kappa shape index (κ2) is 6.31. The summed E-state index contributed by atoms with van der Waals surface area (Å²) in [6.45, 7) is 2.98. The molecule has 0 spiro atoms. The van der Waals surface area contributed by atoms with Gasteiger partial charge < -0.3 is 10.2 Å². The summed E-state index contributed by atoms with van der Waals surface area (Å²) < 4.78 is 0. The molecule has 1 fully saturated rings. The van der Waals surface area contributed by atoms with Crippen LogP contribution < -0.4 is 5.32 Å². The van der Waals surface area contributed by atoms with Gasteiger partial charge in [-0.3, -0.25) is 9.59 Å². The molecule has 0 bridgehead atoms. The first-order valence-electron chi connectivity index (χ1n) is 6.86. The highest BCUT2D eigenvalue weighted by molar-refractivity contribution is 7.80. The van der Waals surface area contributed by atoms with Crippen molar-refractivity contribution in [2.24, 2.45) is 0 Å². The highest BCUT2D eigenvalue weighted by atomic mass is 32.1. The summed E-state index contributed by atoms with van der Waals surface area (Å²) in [5.74, 6) is 0.425. The summed E-state index contributed by atoms with van der Waals surface area (Å²) in [6.07, 6.45) is 1.55. The SMILES string of the molecule is CC1(C(=O)NCCS)CCCN1C(=O)c1ccccc1. The zero-order valence-electron chi connectivity index (χ0n) is 11.6. The van der Waals surface area contributed by atoms with Crippen LogP contribution in [0.3, 0.4) is 0 Å². The minimum absolute atomic E-state index is 0.0772. The van der Waals surface area contributed by atoms with E-state index in [0.29, 0.717) is 30.8 Å². The Labute approximate surface area is 124 Å². The lowest BCUT2D eigenvalue weighted by Gasteiger charge is -2.34. The van der Waals surface area contributed by atoms with Gasteiger partial charge in [-0.15, -0.1) is 0 Å². The molecule has 0 radical (unpaired) electrons. The number of likely N-dealkylation sites (tertiary alicyclic amines) is 1. The van der Waals surface area contributed by atoms with Gasteiger partial charge in [-0.05, 0) is 31.9 Å². The zero-order valence-corrected chi connectivity index (χ0v) is 12.5. The molecule has 0 saturated carbocycles. The number of thiol groups is 1. The van der Waals surface area contributed by atoms with Crippen LogP contribution in [0.4, 0.5) is 0 Å². The maximum absolute atomic E-state index is 12.6. The number of rotatable bonds is 4. The van der Waals surface area contributed by atoms with E-state index in [9.17, 15) is 9.59 Å². The van der Waals surface area contributed by atoms with Crippen LogP contribution in [0.5, 0.6) is 0 Å². The molecule has 20 heavy (non-hydrogen) atoms. The highest BCUT2D eigenvalue weighted by Crippen LogP contribution is 2.30. The fourth-order valence-electron chi connectivity index (χ4n) is 2.62. The first-order valence-corrected chi connectivity index (χ1v) is 7.49. The van der Waals surface area contributed by atoms with Crippen molar-refractivity contribution in [3.8, 4) is 0 Å². The van der Waals surface area contributed by atoms with E-state index < -0.39 is 5.54 Å². The highest BCUT2D eigenvalue weighted by Gasteiger charge is 2.45. The Kier molecular flexibility index (Phi) is 4.70. The second-order valence-corrected chi connectivity index (χ2v) is 5.63. The molecule has 1 saturated heterocycles. The third-order valence-electron chi connectivity index (χ3n) is 3.79. The van der Waals surface area contributed by atoms with E-state index in [0.717, 1.165) is 6.42 Å². The molecule has 4 nitrogen and oxygen atoms in total. The number of nitrogens with one attached hydrogen (secondary N) is 1. The molecule has 1 unspecified atom stereocenters. The summed E-state index contributed by atoms with van der Waals surface area (Å²) in [4.78, 5) is 26.6. The lowest BCUT2D eigenvalue weighted by molar-refractivity contribution is -0.129. The molecule has 108 valence electrons. The minimum Gasteiger partial charge on any atom is -0.353 e. The number of nitrogens with zero attached hydrogens (tertiary/aromatic N) is 1. The van der Waals surface area contributed by atoms with Crippen LogP contribution in [-0.2, 0) is 4.79 Å². The van der Waals surface area contributed by atoms with Gasteiger partial charge in [-0.1, -0.05) is 18.2 Å². The lowest BCUT2D eigenvalue weighted by Crippen LogP contribution is -2.55. The predicted octanol–water partition coefficient (Wildman–Crippen LogP) is 1.73. The van der Waals surface area contributed by atoms with E-state index in [1.54, 1.807) is 17.0 Å². The Morgan fingerprint density at radius 2 is 2.05 bits per heavy atom. The standard InChI is InChI=1S/C15H20N2O2S/c1-15(14(19)16-9-11-20)8-5-10-17(15)13(18)12-6-3-2-4-7-12/h2-4,6-7,20H,5,8-11H2,1H3,(H,16,19). The Morgan fingerprint density at radius 1 is 1.35 bits per heavy atom. The van der Waals surface area contributed by atoms with Crippen LogP contribution in [0.25, 0.3) is 0 Å². The first-order chi connectivity index (χ1) is 9.59. The van der Waals surface area contributed by atoms with Crippen LogP contribution in [0.1, 0.15) is 30.1 Å². The Balaban J connectivity index is 2.18. The molecule has 2 amide bonds. The van der Waals surface area contributed by atoms with Crippen molar-refractivity contribution in [1.82, 2.24) is 10.2 Å². The molecular formula is C15H20N2O2S. The number of benzene rings is 1. The van der Waals surface area contributed by atoms with E-state index in [4.69, 9.17) is 0 Å². The molecule has 0 aromatic heterocycles. The molecule has 1 aromatic rings. The first kappa shape index (κ1) is 14.9. The van der Waals surface area contributed by atoms with Crippen LogP contribution in [0.2, 0.25) is 0 Å². The molecular weight excluding hydrogens is 272 g/mol. The maximum Gasteiger partial charge on any atom is 0.254 e. The van der Waals surface area contributed by atoms with E-state index >= 15 is 0 Å². The average Bonchev–Trinajstić information content (AvgIpc) is 2.88. The molecule has 0 aliphatic carbocycles. The number of hydrogen-bond acceptors (Lipinski definition) is 3. The fourth-order valence-corrected chi connectivity index (χ4v) is 2.73. The van der Waals surface area contributed by atoms with Crippen molar-refractivity contribution < 1.29 is 9.59 Å². The lowest BCUT2D eigenvalue weighted by atomic mass is 9.97. The number of amides is 2. The molecule has 1 aliphatic rings. The summed E-state index contributed by atoms with van der Waals surface area (Å²) in [6, 6.07) is 9.11. The van der Waals surface area contributed by atoms with Crippen LogP contribution >= 0.6 is 12.6 Å². The van der Waals surface area contributed by atoms with Gasteiger partial charge in [0.1, 0.15) is 5.54 Å². The molecule has 2 rings (SSSR count). The largest absolute Gasteiger partial charge is 0.353 e. The van der Waals surface area contributed by atoms with Crippen LogP contribution in [0.15, 0.2) is 30.3 Å². The fraction of sp³-hybridized carbons (Fsp3) is 0.467. The van der Waals surface area contributed by atoms with Crippen molar-refractivity contribution >= 4 is 24.4 Å². The van der Waals surface area contributed by atoms with E-state index in [1.165, 1.54) is 0 Å². The van der Waals surface area contributed by atoms with Gasteiger partial charge in [0, 0.05) is 24.4 Å². The summed E-state index contributed by atoms with van der Waals surface area (Å²) in [5, 5.41) is 2.84. The minimum atomic E-state index is -0.754. The van der Waals surface area contributed by atoms with Gasteiger partial charge in [-0.25, -0.2) is 0 Å². The number of carbonyl (C=O) groups excluding carboxylic acids is 2. The van der Waals surface area contributed by atoms with E-state index in [2.05, 4.69) is 17.9 Å². The summed E-state index contributed by atoms with van der Waals surface area (Å²) in [5.41, 5.74) is -0.127. The molecule has 1 heterocycles. The Morgan fingerprint density at radius 3 is 2.70 bits per heavy atom. The van der Waals surface area contributed by atoms with Gasteiger partial charge >= 0.3 is 0 Å². The third-order valence-corrected chi connectivity index (χ3v) is 4.02. The normalized spacial score (nSPS) is 21.8. The molecule has 1 atom stereocenters. The van der Waals surface area contributed by atoms with Crippen molar-refractivity contribution in [3.63, 3.8) is 0 Å². The smallest absolute Gasteiger partial charge is 0.254 e. The van der Waals surface area contributed by atoms with Crippen molar-refractivity contribution in [3.05, 3.63) is 35.9 Å². The third kappa shape index (κ3) is 2.82. The summed E-state index contributed by atoms with van der Waals surface area (Å²) in [7, 11) is 0. The van der Waals surface area contributed by atoms with Gasteiger partial charge in [0.15, 0.2) is 0 Å². The summed E-state index contributed by atoms with van der Waals surface area (Å²) >= 11 is 4.09. The predicted molar refractivity (Wildman–Crippen MR) is 82.0 cm³/mol. The molecule has 1 aromatic carbocycles. The second-order valence-electron chi connectivity index (χ2n) is 5.18. The number of hydrogen-bond donors (Lipinski definition) is 2. The topological polar surface area (TPSA) is 49.4 Å². The zero-order chi connectivity index (χ0) is 14.6. The monoisotopic (exact) mass is 292 g/mol. The van der Waals surface area contributed by atoms with Gasteiger partial charge in [-0.2, -0.15) is 12.6 Å². The van der Waals surface area contributed by atoms with E-state index in [1.807, 2.05) is 25.1 Å². The van der Waals surface area contributed by atoms with Gasteiger partial charge in [0.2, 0.25) is 5.91 Å². The maximum atomic E-state index is 12.6. The van der Waals surface area contributed by atoms with Crippen molar-refractivity contribution in [2.45, 2.75) is 25.3 Å². The van der Waals surface area contributed by atoms with Gasteiger partial charge in [0.05, 0.1) is 0 Å².